The molecule has 70 valence electrons. The molecule has 0 radical (unpaired) electrons. The molecule has 0 amide bonds. The molecule has 2 nitrogen and oxygen atoms in total. The van der Waals surface area contributed by atoms with Crippen LogP contribution in [0, 0.1) is 5.92 Å². The Bertz CT molecular complexity index is 155. The Morgan fingerprint density at radius 2 is 2.25 bits per heavy atom. The minimum atomic E-state index is 0.668. The highest BCUT2D eigenvalue weighted by Gasteiger charge is 2.21. The van der Waals surface area contributed by atoms with Gasteiger partial charge in [-0.2, -0.15) is 0 Å². The van der Waals surface area contributed by atoms with Gasteiger partial charge in [0.05, 0.1) is 0 Å². The SMILES string of the molecule is CCC(C)CNC(=S)NC1CC1. The highest BCUT2D eigenvalue weighted by Crippen LogP contribution is 2.18. The summed E-state index contributed by atoms with van der Waals surface area (Å²) in [6, 6.07) is 0.668. The van der Waals surface area contributed by atoms with Crippen molar-refractivity contribution in [2.75, 3.05) is 6.54 Å². The third-order valence-corrected chi connectivity index (χ3v) is 2.48. The van der Waals surface area contributed by atoms with E-state index in [2.05, 4.69) is 24.5 Å². The fourth-order valence-electron chi connectivity index (χ4n) is 0.875. The minimum absolute atomic E-state index is 0.668. The van der Waals surface area contributed by atoms with Gasteiger partial charge in [0.25, 0.3) is 0 Å². The number of thiocarbonyl (C=S) groups is 1. The lowest BCUT2D eigenvalue weighted by molar-refractivity contribution is 0.546. The van der Waals surface area contributed by atoms with E-state index >= 15 is 0 Å². The van der Waals surface area contributed by atoms with Gasteiger partial charge in [0.15, 0.2) is 5.11 Å². The van der Waals surface area contributed by atoms with Gasteiger partial charge in [-0.05, 0) is 31.0 Å². The Hall–Kier alpha value is -0.310. The topological polar surface area (TPSA) is 24.1 Å². The normalized spacial score (nSPS) is 18.5. The molecule has 0 heterocycles. The van der Waals surface area contributed by atoms with Crippen molar-refractivity contribution in [1.82, 2.24) is 10.6 Å². The first kappa shape index (κ1) is 9.78. The largest absolute Gasteiger partial charge is 0.362 e. The van der Waals surface area contributed by atoms with Crippen molar-refractivity contribution in [2.24, 2.45) is 5.92 Å². The van der Waals surface area contributed by atoms with Crippen molar-refractivity contribution < 1.29 is 0 Å². The van der Waals surface area contributed by atoms with Crippen molar-refractivity contribution in [3.8, 4) is 0 Å². The highest BCUT2D eigenvalue weighted by atomic mass is 32.1. The van der Waals surface area contributed by atoms with Crippen LogP contribution in [0.5, 0.6) is 0 Å². The van der Waals surface area contributed by atoms with E-state index in [1.807, 2.05) is 0 Å². The fraction of sp³-hybridized carbons (Fsp3) is 0.889. The lowest BCUT2D eigenvalue weighted by Gasteiger charge is -2.12. The maximum atomic E-state index is 5.11. The van der Waals surface area contributed by atoms with Crippen LogP contribution >= 0.6 is 12.2 Å². The lowest BCUT2D eigenvalue weighted by atomic mass is 10.1. The Balaban J connectivity index is 2.00. The standard InChI is InChI=1S/C9H18N2S/c1-3-7(2)6-10-9(12)11-8-4-5-8/h7-8H,3-6H2,1-2H3,(H2,10,11,12). The van der Waals surface area contributed by atoms with Crippen LogP contribution in [0.2, 0.25) is 0 Å². The molecular weight excluding hydrogens is 168 g/mol. The average Bonchev–Trinajstić information content (AvgIpc) is 2.84. The van der Waals surface area contributed by atoms with Crippen molar-refractivity contribution in [1.29, 1.82) is 0 Å². The van der Waals surface area contributed by atoms with Gasteiger partial charge in [0.1, 0.15) is 0 Å². The number of hydrogen-bond donors (Lipinski definition) is 2. The Morgan fingerprint density at radius 3 is 2.75 bits per heavy atom. The van der Waals surface area contributed by atoms with Gasteiger partial charge >= 0.3 is 0 Å². The van der Waals surface area contributed by atoms with Gasteiger partial charge in [0, 0.05) is 12.6 Å². The second kappa shape index (κ2) is 4.65. The molecule has 1 aliphatic carbocycles. The molecule has 2 N–H and O–H groups in total. The van der Waals surface area contributed by atoms with E-state index in [1.165, 1.54) is 19.3 Å². The van der Waals surface area contributed by atoms with Crippen LogP contribution < -0.4 is 10.6 Å². The van der Waals surface area contributed by atoms with E-state index in [-0.39, 0.29) is 0 Å². The van der Waals surface area contributed by atoms with Crippen LogP contribution in [0.1, 0.15) is 33.1 Å². The van der Waals surface area contributed by atoms with Gasteiger partial charge in [-0.3, -0.25) is 0 Å². The Labute approximate surface area is 80.1 Å². The van der Waals surface area contributed by atoms with Gasteiger partial charge < -0.3 is 10.6 Å². The molecule has 12 heavy (non-hydrogen) atoms. The van der Waals surface area contributed by atoms with E-state index in [4.69, 9.17) is 12.2 Å². The summed E-state index contributed by atoms with van der Waals surface area (Å²) in [5.41, 5.74) is 0. The van der Waals surface area contributed by atoms with Gasteiger partial charge in [-0.1, -0.05) is 20.3 Å². The maximum Gasteiger partial charge on any atom is 0.166 e. The maximum absolute atomic E-state index is 5.11. The molecule has 0 aromatic carbocycles. The molecule has 0 aromatic rings. The van der Waals surface area contributed by atoms with E-state index < -0.39 is 0 Å². The van der Waals surface area contributed by atoms with Crippen LogP contribution in [0.4, 0.5) is 0 Å². The summed E-state index contributed by atoms with van der Waals surface area (Å²) in [4.78, 5) is 0. The second-order valence-corrected chi connectivity index (χ2v) is 4.05. The third kappa shape index (κ3) is 3.90. The summed E-state index contributed by atoms with van der Waals surface area (Å²) in [5.74, 6) is 0.712. The van der Waals surface area contributed by atoms with Crippen LogP contribution in [-0.2, 0) is 0 Å². The van der Waals surface area contributed by atoms with Gasteiger partial charge in [-0.15, -0.1) is 0 Å². The van der Waals surface area contributed by atoms with Crippen LogP contribution in [0.25, 0.3) is 0 Å². The van der Waals surface area contributed by atoms with Crippen LogP contribution in [-0.4, -0.2) is 17.7 Å². The van der Waals surface area contributed by atoms with Crippen LogP contribution in [0.3, 0.4) is 0 Å². The molecular formula is C9H18N2S. The molecule has 3 heteroatoms. The average molecular weight is 186 g/mol. The first-order chi connectivity index (χ1) is 5.72. The molecule has 0 spiro atoms. The molecule has 1 aliphatic rings. The van der Waals surface area contributed by atoms with E-state index in [0.29, 0.717) is 12.0 Å². The smallest absolute Gasteiger partial charge is 0.166 e. The number of rotatable bonds is 4. The zero-order valence-corrected chi connectivity index (χ0v) is 8.71. The monoisotopic (exact) mass is 186 g/mol. The molecule has 0 bridgehead atoms. The zero-order valence-electron chi connectivity index (χ0n) is 7.89. The molecule has 1 unspecified atom stereocenters. The molecule has 0 aromatic heterocycles. The first-order valence-corrected chi connectivity index (χ1v) is 5.17. The predicted octanol–water partition coefficient (Wildman–Crippen LogP) is 1.66. The van der Waals surface area contributed by atoms with Crippen molar-refractivity contribution in [3.05, 3.63) is 0 Å². The molecule has 1 fully saturated rings. The van der Waals surface area contributed by atoms with E-state index in [9.17, 15) is 0 Å². The molecule has 1 atom stereocenters. The van der Waals surface area contributed by atoms with Gasteiger partial charge in [-0.25, -0.2) is 0 Å². The Morgan fingerprint density at radius 1 is 1.58 bits per heavy atom. The van der Waals surface area contributed by atoms with Crippen molar-refractivity contribution >= 4 is 17.3 Å². The predicted molar refractivity (Wildman–Crippen MR) is 56.2 cm³/mol. The summed E-state index contributed by atoms with van der Waals surface area (Å²) in [6.07, 6.45) is 3.77. The third-order valence-electron chi connectivity index (χ3n) is 2.22. The number of hydrogen-bond acceptors (Lipinski definition) is 1. The second-order valence-electron chi connectivity index (χ2n) is 3.64. The number of nitrogens with one attached hydrogen (secondary N) is 2. The summed E-state index contributed by atoms with van der Waals surface area (Å²) in [6.45, 7) is 5.42. The van der Waals surface area contributed by atoms with E-state index in [0.717, 1.165) is 11.7 Å². The van der Waals surface area contributed by atoms with Crippen LogP contribution in [0.15, 0.2) is 0 Å². The zero-order chi connectivity index (χ0) is 8.97. The molecule has 0 saturated heterocycles. The summed E-state index contributed by atoms with van der Waals surface area (Å²) >= 11 is 5.11. The summed E-state index contributed by atoms with van der Waals surface area (Å²) < 4.78 is 0. The quantitative estimate of drug-likeness (QED) is 0.653. The highest BCUT2D eigenvalue weighted by molar-refractivity contribution is 7.80. The molecule has 0 aliphatic heterocycles. The fourth-order valence-corrected chi connectivity index (χ4v) is 1.13. The van der Waals surface area contributed by atoms with E-state index in [1.54, 1.807) is 0 Å². The lowest BCUT2D eigenvalue weighted by Crippen LogP contribution is -2.38. The van der Waals surface area contributed by atoms with Crippen molar-refractivity contribution in [2.45, 2.75) is 39.2 Å². The van der Waals surface area contributed by atoms with Crippen molar-refractivity contribution in [3.63, 3.8) is 0 Å². The summed E-state index contributed by atoms with van der Waals surface area (Å²) in [7, 11) is 0. The Kier molecular flexibility index (Phi) is 3.79. The van der Waals surface area contributed by atoms with Gasteiger partial charge in [0.2, 0.25) is 0 Å². The molecule has 1 saturated carbocycles. The minimum Gasteiger partial charge on any atom is -0.362 e. The first-order valence-electron chi connectivity index (χ1n) is 4.76. The molecule has 1 rings (SSSR count). The summed E-state index contributed by atoms with van der Waals surface area (Å²) in [5, 5.41) is 7.31.